The molecule has 134 valence electrons. The van der Waals surface area contributed by atoms with Crippen molar-refractivity contribution in [3.8, 4) is 34.3 Å². The van der Waals surface area contributed by atoms with Gasteiger partial charge in [-0.15, -0.1) is 0 Å². The van der Waals surface area contributed by atoms with Gasteiger partial charge in [-0.2, -0.15) is 18.2 Å². The minimum absolute atomic E-state index is 0.139. The average molecular weight is 368 g/mol. The van der Waals surface area contributed by atoms with Crippen LogP contribution in [0.5, 0.6) is 11.5 Å². The van der Waals surface area contributed by atoms with E-state index in [0.29, 0.717) is 0 Å². The fraction of sp³-hybridized carbons (Fsp3) is 0.0714. The van der Waals surface area contributed by atoms with Gasteiger partial charge < -0.3 is 14.7 Å². The normalized spacial score (nSPS) is 11.5. The fourth-order valence-corrected chi connectivity index (χ4v) is 2.13. The Balaban J connectivity index is 2.09. The predicted molar refractivity (Wildman–Crippen MR) is 78.0 cm³/mol. The first-order valence-corrected chi connectivity index (χ1v) is 6.74. The van der Waals surface area contributed by atoms with Crippen molar-refractivity contribution in [1.82, 2.24) is 15.1 Å². The van der Waals surface area contributed by atoms with Gasteiger partial charge in [-0.05, 0) is 12.1 Å². The summed E-state index contributed by atoms with van der Waals surface area (Å²) in [7, 11) is 0. The van der Waals surface area contributed by atoms with E-state index in [1.165, 1.54) is 0 Å². The van der Waals surface area contributed by atoms with Gasteiger partial charge in [0.1, 0.15) is 0 Å². The lowest BCUT2D eigenvalue weighted by Crippen LogP contribution is -2.07. The third-order valence-electron chi connectivity index (χ3n) is 3.31. The molecule has 1 aromatic carbocycles. The van der Waals surface area contributed by atoms with Gasteiger partial charge in [0.15, 0.2) is 5.75 Å². The molecule has 0 unspecified atom stereocenters. The number of hydrogen-bond donors (Lipinski definition) is 2. The highest BCUT2D eigenvalue weighted by Gasteiger charge is 2.35. The van der Waals surface area contributed by atoms with Gasteiger partial charge >= 0.3 is 11.9 Å². The summed E-state index contributed by atoms with van der Waals surface area (Å²) in [5.41, 5.74) is -2.50. The number of hydrogen-bond acceptors (Lipinski definition) is 8. The maximum atomic E-state index is 13.0. The molecule has 2 heterocycles. The number of benzene rings is 1. The van der Waals surface area contributed by atoms with Crippen LogP contribution in [0.3, 0.4) is 0 Å². The lowest BCUT2D eigenvalue weighted by atomic mass is 10.1. The number of halogens is 3. The molecule has 0 atom stereocenters. The van der Waals surface area contributed by atoms with E-state index < -0.39 is 45.3 Å². The highest BCUT2D eigenvalue weighted by Crippen LogP contribution is 2.40. The highest BCUT2D eigenvalue weighted by molar-refractivity contribution is 5.69. The van der Waals surface area contributed by atoms with E-state index in [0.717, 1.165) is 30.6 Å². The Kier molecular flexibility index (Phi) is 3.94. The summed E-state index contributed by atoms with van der Waals surface area (Å²) in [5, 5.41) is 33.4. The first kappa shape index (κ1) is 17.1. The molecule has 0 spiro atoms. The smallest absolute Gasteiger partial charge is 0.417 e. The molecule has 0 bridgehead atoms. The molecule has 0 amide bonds. The first-order chi connectivity index (χ1) is 12.2. The fourth-order valence-electron chi connectivity index (χ4n) is 2.13. The molecule has 0 aliphatic rings. The van der Waals surface area contributed by atoms with Crippen molar-refractivity contribution < 1.29 is 32.8 Å². The third kappa shape index (κ3) is 2.99. The van der Waals surface area contributed by atoms with E-state index in [-0.39, 0.29) is 11.4 Å². The molecule has 26 heavy (non-hydrogen) atoms. The Hall–Kier alpha value is -3.70. The van der Waals surface area contributed by atoms with Gasteiger partial charge in [-0.25, -0.2) is 0 Å². The summed E-state index contributed by atoms with van der Waals surface area (Å²) < 4.78 is 43.9. The number of aromatic hydroxyl groups is 2. The summed E-state index contributed by atoms with van der Waals surface area (Å²) >= 11 is 0. The van der Waals surface area contributed by atoms with Crippen molar-refractivity contribution >= 4 is 5.69 Å². The molecular formula is C14H7F3N4O5. The molecule has 0 saturated carbocycles. The van der Waals surface area contributed by atoms with Crippen LogP contribution in [0.2, 0.25) is 0 Å². The molecule has 3 aromatic rings. The summed E-state index contributed by atoms with van der Waals surface area (Å²) in [6.07, 6.45) is -2.86. The maximum absolute atomic E-state index is 13.0. The van der Waals surface area contributed by atoms with Crippen molar-refractivity contribution in [2.45, 2.75) is 6.18 Å². The molecule has 3 rings (SSSR count). The minimum atomic E-state index is -4.69. The van der Waals surface area contributed by atoms with Crippen molar-refractivity contribution in [3.63, 3.8) is 0 Å². The third-order valence-corrected chi connectivity index (χ3v) is 3.31. The van der Waals surface area contributed by atoms with Crippen LogP contribution >= 0.6 is 0 Å². The van der Waals surface area contributed by atoms with Gasteiger partial charge in [0.25, 0.3) is 5.89 Å². The van der Waals surface area contributed by atoms with E-state index in [1.807, 2.05) is 0 Å². The molecule has 0 saturated heterocycles. The van der Waals surface area contributed by atoms with Gasteiger partial charge in [0.2, 0.25) is 11.6 Å². The highest BCUT2D eigenvalue weighted by atomic mass is 19.4. The minimum Gasteiger partial charge on any atom is -0.504 e. The number of phenols is 2. The zero-order chi connectivity index (χ0) is 19.1. The number of nitro benzene ring substituents is 1. The quantitative estimate of drug-likeness (QED) is 0.409. The van der Waals surface area contributed by atoms with Gasteiger partial charge in [-0.1, -0.05) is 5.16 Å². The zero-order valence-corrected chi connectivity index (χ0v) is 12.4. The largest absolute Gasteiger partial charge is 0.504 e. The lowest BCUT2D eigenvalue weighted by Gasteiger charge is -2.08. The molecule has 2 aromatic heterocycles. The van der Waals surface area contributed by atoms with Crippen LogP contribution in [-0.2, 0) is 6.18 Å². The van der Waals surface area contributed by atoms with Gasteiger partial charge in [-0.3, -0.25) is 15.1 Å². The Morgan fingerprint density at radius 3 is 2.62 bits per heavy atom. The van der Waals surface area contributed by atoms with Crippen molar-refractivity contribution in [3.05, 3.63) is 46.3 Å². The average Bonchev–Trinajstić information content (AvgIpc) is 3.06. The number of nitro groups is 1. The van der Waals surface area contributed by atoms with Gasteiger partial charge in [0.05, 0.1) is 16.1 Å². The summed E-state index contributed by atoms with van der Waals surface area (Å²) in [6.45, 7) is 0. The molecule has 2 N–H and O–H groups in total. The number of nitrogens with zero attached hydrogens (tertiary/aromatic N) is 4. The summed E-state index contributed by atoms with van der Waals surface area (Å²) in [5.74, 6) is -2.63. The van der Waals surface area contributed by atoms with Crippen LogP contribution < -0.4 is 0 Å². The topological polar surface area (TPSA) is 135 Å². The van der Waals surface area contributed by atoms with Crippen molar-refractivity contribution in [2.24, 2.45) is 0 Å². The molecule has 0 aliphatic heterocycles. The van der Waals surface area contributed by atoms with Crippen molar-refractivity contribution in [2.75, 3.05) is 0 Å². The van der Waals surface area contributed by atoms with Crippen LogP contribution in [0.25, 0.3) is 22.8 Å². The van der Waals surface area contributed by atoms with E-state index in [1.54, 1.807) is 0 Å². The second kappa shape index (κ2) is 5.98. The molecule has 9 nitrogen and oxygen atoms in total. The second-order valence-corrected chi connectivity index (χ2v) is 4.96. The van der Waals surface area contributed by atoms with Crippen molar-refractivity contribution in [1.29, 1.82) is 0 Å². The number of aromatic nitrogens is 3. The van der Waals surface area contributed by atoms with E-state index in [2.05, 4.69) is 15.1 Å². The Morgan fingerprint density at radius 2 is 1.96 bits per heavy atom. The Morgan fingerprint density at radius 1 is 1.23 bits per heavy atom. The van der Waals surface area contributed by atoms with Crippen LogP contribution in [0.1, 0.15) is 5.56 Å². The SMILES string of the molecule is O=[N+]([O-])c1cc(-c2noc(-c3cnccc3C(F)(F)F)n2)cc(O)c1O. The first-order valence-electron chi connectivity index (χ1n) is 6.74. The standard InChI is InChI=1S/C14H7F3N4O5/c15-14(16,17)8-1-2-18-5-7(8)13-19-12(20-26-13)6-3-9(21(24)25)11(23)10(22)4-6/h1-5,22-23H. The van der Waals surface area contributed by atoms with Crippen LogP contribution in [0.15, 0.2) is 35.1 Å². The lowest BCUT2D eigenvalue weighted by molar-refractivity contribution is -0.385. The van der Waals surface area contributed by atoms with Crippen LogP contribution in [0, 0.1) is 10.1 Å². The van der Waals surface area contributed by atoms with E-state index in [9.17, 15) is 33.5 Å². The number of phenolic OH excluding ortho intramolecular Hbond substituents is 2. The number of pyridine rings is 1. The Labute approximate surface area is 141 Å². The molecule has 0 aliphatic carbocycles. The number of rotatable bonds is 3. The zero-order valence-electron chi connectivity index (χ0n) is 12.4. The monoisotopic (exact) mass is 368 g/mol. The van der Waals surface area contributed by atoms with E-state index in [4.69, 9.17) is 4.52 Å². The second-order valence-electron chi connectivity index (χ2n) is 4.96. The maximum Gasteiger partial charge on any atom is 0.417 e. The summed E-state index contributed by atoms with van der Waals surface area (Å²) in [4.78, 5) is 17.3. The predicted octanol–water partition coefficient (Wildman–Crippen LogP) is 3.14. The van der Waals surface area contributed by atoms with Crippen LogP contribution in [0.4, 0.5) is 18.9 Å². The van der Waals surface area contributed by atoms with Crippen LogP contribution in [-0.4, -0.2) is 30.3 Å². The molecule has 12 heteroatoms. The Bertz CT molecular complexity index is 1000. The molecular weight excluding hydrogens is 361 g/mol. The number of alkyl halides is 3. The molecule has 0 fully saturated rings. The van der Waals surface area contributed by atoms with Gasteiger partial charge in [0, 0.05) is 24.0 Å². The summed E-state index contributed by atoms with van der Waals surface area (Å²) in [6, 6.07) is 2.49. The van der Waals surface area contributed by atoms with E-state index >= 15 is 0 Å². The molecule has 0 radical (unpaired) electrons.